The van der Waals surface area contributed by atoms with Gasteiger partial charge in [-0.25, -0.2) is 0 Å². The molecule has 0 N–H and O–H groups in total. The summed E-state index contributed by atoms with van der Waals surface area (Å²) >= 11 is 1.24. The fourth-order valence-corrected chi connectivity index (χ4v) is 3.59. The second-order valence-electron chi connectivity index (χ2n) is 6.38. The lowest BCUT2D eigenvalue weighted by atomic mass is 10.2. The van der Waals surface area contributed by atoms with Crippen LogP contribution in [-0.2, 0) is 11.3 Å². The molecule has 0 spiro atoms. The molecule has 1 aromatic heterocycles. The Morgan fingerprint density at radius 2 is 1.83 bits per heavy atom. The van der Waals surface area contributed by atoms with Crippen LogP contribution in [-0.4, -0.2) is 47.5 Å². The average Bonchev–Trinajstić information content (AvgIpc) is 3.21. The molecule has 0 fully saturated rings. The van der Waals surface area contributed by atoms with Gasteiger partial charge in [0.2, 0.25) is 11.8 Å². The Bertz CT molecular complexity index is 962. The summed E-state index contributed by atoms with van der Waals surface area (Å²) in [5.74, 6) is 1.53. The molecule has 8 heteroatoms. The number of nitrogens with zero attached hydrogens (tertiary/aromatic N) is 3. The van der Waals surface area contributed by atoms with Gasteiger partial charge in [-0.05, 0) is 30.7 Å². The fraction of sp³-hybridized carbons (Fsp3) is 0.286. The number of rotatable bonds is 8. The summed E-state index contributed by atoms with van der Waals surface area (Å²) in [5, 5.41) is 8.12. The van der Waals surface area contributed by atoms with E-state index in [1.54, 1.807) is 38.3 Å². The van der Waals surface area contributed by atoms with Crippen LogP contribution in [0.3, 0.4) is 0 Å². The van der Waals surface area contributed by atoms with Crippen LogP contribution in [0.4, 0.5) is 0 Å². The van der Waals surface area contributed by atoms with E-state index in [2.05, 4.69) is 10.2 Å². The van der Waals surface area contributed by atoms with E-state index in [1.165, 1.54) is 11.8 Å². The van der Waals surface area contributed by atoms with E-state index < -0.39 is 0 Å². The molecule has 7 nitrogen and oxygen atoms in total. The first-order valence-corrected chi connectivity index (χ1v) is 9.91. The third kappa shape index (κ3) is 5.08. The smallest absolute Gasteiger partial charge is 0.277 e. The molecule has 0 aliphatic rings. The number of amides is 1. The Kier molecular flexibility index (Phi) is 6.77. The number of aromatic nitrogens is 2. The topological polar surface area (TPSA) is 77.7 Å². The van der Waals surface area contributed by atoms with Gasteiger partial charge in [0.05, 0.1) is 19.5 Å². The molecule has 0 saturated heterocycles. The van der Waals surface area contributed by atoms with E-state index >= 15 is 0 Å². The van der Waals surface area contributed by atoms with E-state index in [4.69, 9.17) is 13.9 Å². The number of carbonyl (C=O) groups excluding carboxylic acids is 1. The molecular weight excluding hydrogens is 390 g/mol. The van der Waals surface area contributed by atoms with E-state index in [-0.39, 0.29) is 11.2 Å². The predicted octanol–water partition coefficient (Wildman–Crippen LogP) is 3.89. The second kappa shape index (κ2) is 9.47. The van der Waals surface area contributed by atoms with Crippen LogP contribution in [0.1, 0.15) is 12.5 Å². The van der Waals surface area contributed by atoms with Crippen molar-refractivity contribution in [2.75, 3.05) is 21.3 Å². The summed E-state index contributed by atoms with van der Waals surface area (Å²) in [7, 11) is 4.93. The number of carbonyl (C=O) groups is 1. The van der Waals surface area contributed by atoms with Gasteiger partial charge in [0.25, 0.3) is 5.22 Å². The molecule has 0 bridgehead atoms. The van der Waals surface area contributed by atoms with Crippen molar-refractivity contribution in [3.8, 4) is 23.0 Å². The zero-order valence-corrected chi connectivity index (χ0v) is 17.6. The summed E-state index contributed by atoms with van der Waals surface area (Å²) in [6, 6.07) is 15.2. The van der Waals surface area contributed by atoms with Gasteiger partial charge in [0.15, 0.2) is 11.5 Å². The largest absolute Gasteiger partial charge is 0.493 e. The highest BCUT2D eigenvalue weighted by molar-refractivity contribution is 8.00. The van der Waals surface area contributed by atoms with Crippen molar-refractivity contribution in [1.29, 1.82) is 0 Å². The first kappa shape index (κ1) is 20.7. The van der Waals surface area contributed by atoms with Crippen molar-refractivity contribution in [2.24, 2.45) is 0 Å². The van der Waals surface area contributed by atoms with Crippen LogP contribution < -0.4 is 9.47 Å². The summed E-state index contributed by atoms with van der Waals surface area (Å²) in [6.45, 7) is 2.38. The summed E-state index contributed by atoms with van der Waals surface area (Å²) in [4.78, 5) is 14.4. The van der Waals surface area contributed by atoms with Crippen LogP contribution >= 0.6 is 11.8 Å². The molecule has 0 aliphatic carbocycles. The van der Waals surface area contributed by atoms with Crippen molar-refractivity contribution in [2.45, 2.75) is 23.9 Å². The minimum absolute atomic E-state index is 0.00952. The lowest BCUT2D eigenvalue weighted by Crippen LogP contribution is -2.32. The molecule has 0 unspecified atom stereocenters. The Morgan fingerprint density at radius 3 is 2.52 bits per heavy atom. The third-order valence-electron chi connectivity index (χ3n) is 4.30. The number of methoxy groups -OCH3 is 2. The molecule has 2 aromatic carbocycles. The highest BCUT2D eigenvalue weighted by Crippen LogP contribution is 2.33. The van der Waals surface area contributed by atoms with Crippen molar-refractivity contribution in [3.05, 3.63) is 54.1 Å². The van der Waals surface area contributed by atoms with Gasteiger partial charge >= 0.3 is 0 Å². The monoisotopic (exact) mass is 413 g/mol. The molecule has 29 heavy (non-hydrogen) atoms. The normalized spacial score (nSPS) is 11.7. The Hall–Kier alpha value is -3.00. The SMILES string of the molecule is COc1ccc(-c2nnc(S[C@H](C)C(=O)N(C)Cc3ccccc3)o2)cc1OC. The van der Waals surface area contributed by atoms with Crippen molar-refractivity contribution >= 4 is 17.7 Å². The van der Waals surface area contributed by atoms with Gasteiger partial charge in [0.1, 0.15) is 0 Å². The Balaban J connectivity index is 1.65. The predicted molar refractivity (Wildman–Crippen MR) is 111 cm³/mol. The number of hydrogen-bond acceptors (Lipinski definition) is 7. The van der Waals surface area contributed by atoms with Crippen LogP contribution in [0.25, 0.3) is 11.5 Å². The van der Waals surface area contributed by atoms with E-state index in [0.717, 1.165) is 5.56 Å². The second-order valence-corrected chi connectivity index (χ2v) is 7.67. The standard InChI is InChI=1S/C21H23N3O4S/c1-14(20(25)24(2)13-15-8-6-5-7-9-15)29-21-23-22-19(28-21)16-10-11-17(26-3)18(12-16)27-4/h5-12,14H,13H2,1-4H3/t14-/m1/s1. The maximum atomic E-state index is 12.7. The summed E-state index contributed by atoms with van der Waals surface area (Å²) < 4.78 is 16.3. The van der Waals surface area contributed by atoms with E-state index in [9.17, 15) is 4.79 Å². The molecule has 0 aliphatic heterocycles. The van der Waals surface area contributed by atoms with Gasteiger partial charge in [-0.1, -0.05) is 42.1 Å². The van der Waals surface area contributed by atoms with Gasteiger partial charge in [-0.3, -0.25) is 4.79 Å². The number of thioether (sulfide) groups is 1. The zero-order chi connectivity index (χ0) is 20.8. The first-order chi connectivity index (χ1) is 14.0. The quantitative estimate of drug-likeness (QED) is 0.518. The van der Waals surface area contributed by atoms with Crippen molar-refractivity contribution < 1.29 is 18.7 Å². The fourth-order valence-electron chi connectivity index (χ4n) is 2.79. The van der Waals surface area contributed by atoms with Crippen LogP contribution in [0.15, 0.2) is 58.2 Å². The minimum atomic E-state index is -0.359. The zero-order valence-electron chi connectivity index (χ0n) is 16.8. The minimum Gasteiger partial charge on any atom is -0.493 e. The maximum absolute atomic E-state index is 12.7. The lowest BCUT2D eigenvalue weighted by molar-refractivity contribution is -0.129. The van der Waals surface area contributed by atoms with E-state index in [1.807, 2.05) is 43.3 Å². The van der Waals surface area contributed by atoms with Gasteiger partial charge in [-0.2, -0.15) is 0 Å². The maximum Gasteiger partial charge on any atom is 0.277 e. The van der Waals surface area contributed by atoms with Crippen molar-refractivity contribution in [3.63, 3.8) is 0 Å². The van der Waals surface area contributed by atoms with Crippen LogP contribution in [0, 0.1) is 0 Å². The highest BCUT2D eigenvalue weighted by atomic mass is 32.2. The highest BCUT2D eigenvalue weighted by Gasteiger charge is 2.22. The van der Waals surface area contributed by atoms with Crippen LogP contribution in [0.2, 0.25) is 0 Å². The number of hydrogen-bond donors (Lipinski definition) is 0. The average molecular weight is 413 g/mol. The van der Waals surface area contributed by atoms with Crippen molar-refractivity contribution in [1.82, 2.24) is 15.1 Å². The lowest BCUT2D eigenvalue weighted by Gasteiger charge is -2.20. The molecule has 1 amide bonds. The summed E-state index contributed by atoms with van der Waals surface area (Å²) in [5.41, 5.74) is 1.79. The molecule has 1 heterocycles. The molecule has 0 saturated carbocycles. The van der Waals surface area contributed by atoms with Gasteiger partial charge < -0.3 is 18.8 Å². The number of ether oxygens (including phenoxy) is 2. The third-order valence-corrected chi connectivity index (χ3v) is 5.22. The molecule has 152 valence electrons. The Morgan fingerprint density at radius 1 is 1.10 bits per heavy atom. The molecule has 0 radical (unpaired) electrons. The van der Waals surface area contributed by atoms with E-state index in [0.29, 0.717) is 34.7 Å². The molecule has 1 atom stereocenters. The molecule has 3 aromatic rings. The van der Waals surface area contributed by atoms with Gasteiger partial charge in [0, 0.05) is 19.2 Å². The molecule has 3 rings (SSSR count). The molecular formula is C21H23N3O4S. The summed E-state index contributed by atoms with van der Waals surface area (Å²) in [6.07, 6.45) is 0. The van der Waals surface area contributed by atoms with Crippen LogP contribution in [0.5, 0.6) is 11.5 Å². The number of benzene rings is 2. The van der Waals surface area contributed by atoms with Gasteiger partial charge in [-0.15, -0.1) is 10.2 Å². The first-order valence-electron chi connectivity index (χ1n) is 9.03. The Labute approximate surface area is 174 Å².